The Bertz CT molecular complexity index is 1190. The van der Waals surface area contributed by atoms with Crippen molar-refractivity contribution in [1.82, 2.24) is 14.3 Å². The van der Waals surface area contributed by atoms with Gasteiger partial charge in [-0.15, -0.1) is 0 Å². The lowest BCUT2D eigenvalue weighted by Gasteiger charge is -2.36. The van der Waals surface area contributed by atoms with Gasteiger partial charge in [0.15, 0.2) is 0 Å². The van der Waals surface area contributed by atoms with Crippen molar-refractivity contribution in [3.63, 3.8) is 0 Å². The lowest BCUT2D eigenvalue weighted by atomic mass is 10.1. The fourth-order valence-corrected chi connectivity index (χ4v) is 6.43. The zero-order valence-electron chi connectivity index (χ0n) is 18.4. The smallest absolute Gasteiger partial charge is 0.243 e. The van der Waals surface area contributed by atoms with Crippen molar-refractivity contribution >= 4 is 32.6 Å². The molecule has 2 aromatic heterocycles. The number of anilines is 2. The van der Waals surface area contributed by atoms with Gasteiger partial charge in [-0.05, 0) is 62.2 Å². The first-order valence-corrected chi connectivity index (χ1v) is 12.8. The van der Waals surface area contributed by atoms with Gasteiger partial charge in [-0.25, -0.2) is 18.4 Å². The summed E-state index contributed by atoms with van der Waals surface area (Å²) in [6.07, 6.45) is 4.77. The molecule has 0 bridgehead atoms. The van der Waals surface area contributed by atoms with E-state index in [0.717, 1.165) is 68.0 Å². The number of benzene rings is 1. The molecule has 32 heavy (non-hydrogen) atoms. The molecule has 3 aromatic rings. The number of pyridine rings is 2. The third kappa shape index (κ3) is 4.04. The van der Waals surface area contributed by atoms with Crippen LogP contribution >= 0.6 is 0 Å². The maximum Gasteiger partial charge on any atom is 0.243 e. The summed E-state index contributed by atoms with van der Waals surface area (Å²) in [6.45, 7) is 6.12. The highest BCUT2D eigenvalue weighted by Crippen LogP contribution is 2.28. The minimum absolute atomic E-state index is 0.0506. The highest BCUT2D eigenvalue weighted by molar-refractivity contribution is 7.89. The number of hydrogen-bond donors (Lipinski definition) is 0. The van der Waals surface area contributed by atoms with Gasteiger partial charge in [0, 0.05) is 50.3 Å². The quantitative estimate of drug-likeness (QED) is 0.605. The van der Waals surface area contributed by atoms with Gasteiger partial charge in [0.05, 0.1) is 10.4 Å². The van der Waals surface area contributed by atoms with E-state index in [9.17, 15) is 8.42 Å². The van der Waals surface area contributed by atoms with Crippen LogP contribution in [0.2, 0.25) is 0 Å². The van der Waals surface area contributed by atoms with E-state index in [1.165, 1.54) is 0 Å². The standard InChI is InChI=1S/C24H29N5O2S/c1-19-6-3-5-13-29(19)32(30,31)21-9-10-22-20(18-21)8-11-24(26-22)28-16-14-27(15-17-28)23-7-2-4-12-25-23/h2,4,7-12,18-19H,3,5-6,13-17H2,1H3/t19-/m1/s1. The van der Waals surface area contributed by atoms with Crippen LogP contribution in [0.5, 0.6) is 0 Å². The second-order valence-electron chi connectivity index (χ2n) is 8.65. The lowest BCUT2D eigenvalue weighted by Crippen LogP contribution is -2.47. The van der Waals surface area contributed by atoms with E-state index in [4.69, 9.17) is 4.98 Å². The van der Waals surface area contributed by atoms with Crippen molar-refractivity contribution in [2.45, 2.75) is 37.1 Å². The second-order valence-corrected chi connectivity index (χ2v) is 10.5. The molecule has 0 aliphatic carbocycles. The maximum atomic E-state index is 13.2. The Morgan fingerprint density at radius 1 is 0.875 bits per heavy atom. The summed E-state index contributed by atoms with van der Waals surface area (Å²) < 4.78 is 28.0. The first-order chi connectivity index (χ1) is 15.5. The summed E-state index contributed by atoms with van der Waals surface area (Å²) in [6, 6.07) is 15.3. The van der Waals surface area contributed by atoms with Gasteiger partial charge < -0.3 is 9.80 Å². The van der Waals surface area contributed by atoms with Crippen LogP contribution in [0.1, 0.15) is 26.2 Å². The summed E-state index contributed by atoms with van der Waals surface area (Å²) in [5.41, 5.74) is 0.820. The van der Waals surface area contributed by atoms with E-state index in [0.29, 0.717) is 11.4 Å². The third-order valence-electron chi connectivity index (χ3n) is 6.57. The summed E-state index contributed by atoms with van der Waals surface area (Å²) in [5, 5.41) is 0.853. The third-order valence-corrected chi connectivity index (χ3v) is 8.58. The van der Waals surface area contributed by atoms with Crippen molar-refractivity contribution in [1.29, 1.82) is 0 Å². The number of aromatic nitrogens is 2. The molecule has 8 heteroatoms. The van der Waals surface area contributed by atoms with Crippen molar-refractivity contribution in [3.05, 3.63) is 54.7 Å². The first-order valence-electron chi connectivity index (χ1n) is 11.4. The Kier molecular flexibility index (Phi) is 5.73. The summed E-state index contributed by atoms with van der Waals surface area (Å²) >= 11 is 0. The molecule has 2 fully saturated rings. The molecule has 1 aromatic carbocycles. The summed E-state index contributed by atoms with van der Waals surface area (Å²) in [7, 11) is -3.48. The molecule has 5 rings (SSSR count). The largest absolute Gasteiger partial charge is 0.353 e. The van der Waals surface area contributed by atoms with Crippen LogP contribution in [0.3, 0.4) is 0 Å². The van der Waals surface area contributed by atoms with Crippen LogP contribution in [-0.2, 0) is 10.0 Å². The molecule has 0 radical (unpaired) electrons. The number of sulfonamides is 1. The van der Waals surface area contributed by atoms with Crippen LogP contribution in [0.25, 0.3) is 10.9 Å². The van der Waals surface area contributed by atoms with E-state index < -0.39 is 10.0 Å². The van der Waals surface area contributed by atoms with Gasteiger partial charge in [0.1, 0.15) is 11.6 Å². The topological polar surface area (TPSA) is 69.6 Å². The molecular formula is C24H29N5O2S. The Morgan fingerprint density at radius 2 is 1.66 bits per heavy atom. The maximum absolute atomic E-state index is 13.2. The van der Waals surface area contributed by atoms with Crippen LogP contribution in [0, 0.1) is 0 Å². The molecule has 2 aliphatic rings. The fourth-order valence-electron chi connectivity index (χ4n) is 4.70. The number of piperazine rings is 1. The number of hydrogen-bond acceptors (Lipinski definition) is 6. The molecule has 0 saturated carbocycles. The number of nitrogens with zero attached hydrogens (tertiary/aromatic N) is 5. The second kappa shape index (κ2) is 8.67. The number of fused-ring (bicyclic) bond motifs is 1. The molecule has 7 nitrogen and oxygen atoms in total. The highest BCUT2D eigenvalue weighted by atomic mass is 32.2. The Morgan fingerprint density at radius 3 is 2.38 bits per heavy atom. The van der Waals surface area contributed by atoms with Gasteiger partial charge in [0.25, 0.3) is 0 Å². The van der Waals surface area contributed by atoms with Gasteiger partial charge in [0.2, 0.25) is 10.0 Å². The van der Waals surface area contributed by atoms with Gasteiger partial charge >= 0.3 is 0 Å². The predicted molar refractivity (Wildman–Crippen MR) is 128 cm³/mol. The molecule has 2 saturated heterocycles. The lowest BCUT2D eigenvalue weighted by molar-refractivity contribution is 0.268. The van der Waals surface area contributed by atoms with Crippen molar-refractivity contribution < 1.29 is 8.42 Å². The zero-order chi connectivity index (χ0) is 22.1. The average Bonchev–Trinajstić information content (AvgIpc) is 2.84. The Labute approximate surface area is 189 Å². The number of piperidine rings is 1. The molecule has 0 unspecified atom stereocenters. The molecule has 4 heterocycles. The van der Waals surface area contributed by atoms with Crippen LogP contribution in [-0.4, -0.2) is 61.5 Å². The molecule has 0 amide bonds. The van der Waals surface area contributed by atoms with E-state index in [2.05, 4.69) is 14.8 Å². The van der Waals surface area contributed by atoms with Crippen LogP contribution in [0.15, 0.2) is 59.6 Å². The molecule has 0 N–H and O–H groups in total. The minimum Gasteiger partial charge on any atom is -0.353 e. The van der Waals surface area contributed by atoms with E-state index in [1.807, 2.05) is 49.5 Å². The van der Waals surface area contributed by atoms with Crippen molar-refractivity contribution in [3.8, 4) is 0 Å². The molecule has 168 valence electrons. The molecule has 2 aliphatic heterocycles. The fraction of sp³-hybridized carbons (Fsp3) is 0.417. The van der Waals surface area contributed by atoms with Crippen LogP contribution in [0.4, 0.5) is 11.6 Å². The first kappa shape index (κ1) is 21.2. The summed E-state index contributed by atoms with van der Waals surface area (Å²) in [4.78, 5) is 14.2. The zero-order valence-corrected chi connectivity index (χ0v) is 19.2. The highest BCUT2D eigenvalue weighted by Gasteiger charge is 2.31. The van der Waals surface area contributed by atoms with Crippen molar-refractivity contribution in [2.75, 3.05) is 42.5 Å². The molecule has 1 atom stereocenters. The number of rotatable bonds is 4. The minimum atomic E-state index is -3.48. The van der Waals surface area contributed by atoms with Crippen LogP contribution < -0.4 is 9.80 Å². The Balaban J connectivity index is 1.33. The van der Waals surface area contributed by atoms with E-state index >= 15 is 0 Å². The average molecular weight is 452 g/mol. The molecular weight excluding hydrogens is 422 g/mol. The normalized spacial score (nSPS) is 20.6. The molecule has 0 spiro atoms. The summed E-state index contributed by atoms with van der Waals surface area (Å²) in [5.74, 6) is 1.94. The van der Waals surface area contributed by atoms with Gasteiger partial charge in [-0.2, -0.15) is 4.31 Å². The van der Waals surface area contributed by atoms with E-state index in [1.54, 1.807) is 16.4 Å². The van der Waals surface area contributed by atoms with Gasteiger partial charge in [-0.1, -0.05) is 12.5 Å². The van der Waals surface area contributed by atoms with E-state index in [-0.39, 0.29) is 6.04 Å². The van der Waals surface area contributed by atoms with Crippen molar-refractivity contribution in [2.24, 2.45) is 0 Å². The Hall–Kier alpha value is -2.71. The SMILES string of the molecule is C[C@@H]1CCCCN1S(=O)(=O)c1ccc2nc(N3CCN(c4ccccn4)CC3)ccc2c1. The predicted octanol–water partition coefficient (Wildman–Crippen LogP) is 3.52. The monoisotopic (exact) mass is 451 g/mol. The van der Waals surface area contributed by atoms with Gasteiger partial charge in [-0.3, -0.25) is 0 Å².